The first kappa shape index (κ1) is 19.5. The summed E-state index contributed by atoms with van der Waals surface area (Å²) < 4.78 is 2.43. The van der Waals surface area contributed by atoms with E-state index in [9.17, 15) is 0 Å². The molecule has 0 N–H and O–H groups in total. The first-order chi connectivity index (χ1) is 16.5. The topological polar surface area (TPSA) is 11.4 Å². The molecule has 3 heteroatoms. The number of nitrogens with zero attached hydrogens (tertiary/aromatic N) is 3. The van der Waals surface area contributed by atoms with E-state index in [1.807, 2.05) is 0 Å². The molecule has 1 aliphatic carbocycles. The molecular weight excluding hydrogens is 414 g/mol. The number of hydrogen-bond acceptors (Lipinski definition) is 2. The average Bonchev–Trinajstić information content (AvgIpc) is 3.50. The highest BCUT2D eigenvalue weighted by Crippen LogP contribution is 2.51. The maximum Gasteiger partial charge on any atom is 0.0938 e. The largest absolute Gasteiger partial charge is 0.361 e. The number of aromatic nitrogens is 1. The molecular formula is C31H27N3. The smallest absolute Gasteiger partial charge is 0.0938 e. The van der Waals surface area contributed by atoms with Gasteiger partial charge in [-0.3, -0.25) is 0 Å². The summed E-state index contributed by atoms with van der Waals surface area (Å²) in [6, 6.07) is 31.4. The van der Waals surface area contributed by atoms with E-state index >= 15 is 0 Å². The summed E-state index contributed by atoms with van der Waals surface area (Å²) in [6.07, 6.45) is 4.29. The van der Waals surface area contributed by atoms with Crippen LogP contribution in [0.15, 0.2) is 97.3 Å². The van der Waals surface area contributed by atoms with Crippen molar-refractivity contribution in [2.24, 2.45) is 0 Å². The van der Waals surface area contributed by atoms with Crippen LogP contribution in [-0.2, 0) is 5.41 Å². The van der Waals surface area contributed by atoms with Crippen LogP contribution in [0.4, 0.5) is 5.69 Å². The van der Waals surface area contributed by atoms with Crippen LogP contribution in [-0.4, -0.2) is 23.2 Å². The monoisotopic (exact) mass is 441 g/mol. The predicted molar refractivity (Wildman–Crippen MR) is 143 cm³/mol. The third kappa shape index (κ3) is 2.58. The number of anilines is 1. The second-order valence-electron chi connectivity index (χ2n) is 10.1. The third-order valence-corrected chi connectivity index (χ3v) is 7.67. The fourth-order valence-electron chi connectivity index (χ4n) is 5.93. The van der Waals surface area contributed by atoms with Gasteiger partial charge >= 0.3 is 0 Å². The van der Waals surface area contributed by atoms with Crippen LogP contribution in [0.3, 0.4) is 0 Å². The molecule has 3 nitrogen and oxygen atoms in total. The molecule has 0 atom stereocenters. The molecule has 0 unspecified atom stereocenters. The van der Waals surface area contributed by atoms with E-state index in [-0.39, 0.29) is 5.41 Å². The minimum absolute atomic E-state index is 0.0146. The first-order valence-corrected chi connectivity index (χ1v) is 12.0. The Morgan fingerprint density at radius 2 is 1.41 bits per heavy atom. The van der Waals surface area contributed by atoms with E-state index < -0.39 is 0 Å². The maximum atomic E-state index is 2.46. The SMILES string of the molecule is CN1C=CN(c2ccc3c(c2)c2cc4c(cc2n3-c2ccccc2)-c2ccccc2C4(C)C)C1. The molecule has 0 fully saturated rings. The van der Waals surface area contributed by atoms with Crippen LogP contribution >= 0.6 is 0 Å². The lowest BCUT2D eigenvalue weighted by molar-refractivity contribution is 0.496. The van der Waals surface area contributed by atoms with Gasteiger partial charge in [-0.15, -0.1) is 0 Å². The van der Waals surface area contributed by atoms with Crippen molar-refractivity contribution < 1.29 is 0 Å². The highest BCUT2D eigenvalue weighted by molar-refractivity contribution is 6.12. The number of hydrogen-bond donors (Lipinski definition) is 0. The summed E-state index contributed by atoms with van der Waals surface area (Å²) in [5, 5.41) is 2.62. The molecule has 0 saturated heterocycles. The van der Waals surface area contributed by atoms with Gasteiger partial charge in [0.15, 0.2) is 0 Å². The van der Waals surface area contributed by atoms with Gasteiger partial charge in [-0.05, 0) is 64.7 Å². The fourth-order valence-corrected chi connectivity index (χ4v) is 5.93. The molecule has 34 heavy (non-hydrogen) atoms. The molecule has 0 amide bonds. The number of rotatable bonds is 2. The van der Waals surface area contributed by atoms with Crippen LogP contribution in [0.1, 0.15) is 25.0 Å². The molecule has 0 saturated carbocycles. The second kappa shape index (κ2) is 6.77. The van der Waals surface area contributed by atoms with Crippen LogP contribution in [0.25, 0.3) is 38.6 Å². The Kier molecular flexibility index (Phi) is 3.88. The predicted octanol–water partition coefficient (Wildman–Crippen LogP) is 7.27. The standard InChI is InChI=1S/C31H27N3/c1-31(2)27-12-8-7-11-23(27)24-19-30-26(18-28(24)31)25-17-22(33-16-15-32(3)20-33)13-14-29(25)34(30)21-9-5-4-6-10-21/h4-19H,20H2,1-3H3. The van der Waals surface area contributed by atoms with Crippen molar-refractivity contribution >= 4 is 27.5 Å². The summed E-state index contributed by atoms with van der Waals surface area (Å²) in [6.45, 7) is 5.59. The fraction of sp³-hybridized carbons (Fsp3) is 0.161. The Morgan fingerprint density at radius 1 is 0.647 bits per heavy atom. The molecule has 2 aliphatic rings. The molecule has 0 radical (unpaired) electrons. The minimum atomic E-state index is -0.0146. The van der Waals surface area contributed by atoms with E-state index in [2.05, 4.69) is 133 Å². The summed E-state index contributed by atoms with van der Waals surface area (Å²) in [5.74, 6) is 0. The van der Waals surface area contributed by atoms with Gasteiger partial charge in [0.05, 0.1) is 17.7 Å². The Hall–Kier alpha value is -3.98. The minimum Gasteiger partial charge on any atom is -0.361 e. The lowest BCUT2D eigenvalue weighted by Crippen LogP contribution is -2.21. The van der Waals surface area contributed by atoms with Crippen LogP contribution in [0.2, 0.25) is 0 Å². The number of para-hydroxylation sites is 1. The Balaban J connectivity index is 1.57. The van der Waals surface area contributed by atoms with Crippen molar-refractivity contribution in [3.63, 3.8) is 0 Å². The lowest BCUT2D eigenvalue weighted by atomic mass is 9.82. The summed E-state index contributed by atoms with van der Waals surface area (Å²) in [7, 11) is 2.11. The van der Waals surface area contributed by atoms with Gasteiger partial charge in [-0.1, -0.05) is 56.3 Å². The van der Waals surface area contributed by atoms with E-state index in [4.69, 9.17) is 0 Å². The zero-order valence-electron chi connectivity index (χ0n) is 19.8. The molecule has 1 aliphatic heterocycles. The van der Waals surface area contributed by atoms with Crippen LogP contribution in [0, 0.1) is 0 Å². The van der Waals surface area contributed by atoms with Crippen LogP contribution < -0.4 is 4.90 Å². The van der Waals surface area contributed by atoms with Gasteiger partial charge in [0.1, 0.15) is 0 Å². The van der Waals surface area contributed by atoms with Gasteiger partial charge < -0.3 is 14.4 Å². The van der Waals surface area contributed by atoms with Crippen molar-refractivity contribution in [1.82, 2.24) is 9.47 Å². The Bertz CT molecular complexity index is 1620. The van der Waals surface area contributed by atoms with Gasteiger partial charge in [0, 0.05) is 47.0 Å². The van der Waals surface area contributed by atoms with Gasteiger partial charge in [0.25, 0.3) is 0 Å². The normalized spacial score (nSPS) is 16.0. The van der Waals surface area contributed by atoms with Crippen LogP contribution in [0.5, 0.6) is 0 Å². The zero-order chi connectivity index (χ0) is 23.0. The molecule has 4 aromatic carbocycles. The quantitative estimate of drug-likeness (QED) is 0.285. The van der Waals surface area contributed by atoms with Crippen molar-refractivity contribution in [3.8, 4) is 16.8 Å². The number of benzene rings is 4. The molecule has 5 aromatic rings. The Morgan fingerprint density at radius 3 is 2.21 bits per heavy atom. The second-order valence-corrected chi connectivity index (χ2v) is 10.1. The molecule has 0 spiro atoms. The van der Waals surface area contributed by atoms with E-state index in [0.717, 1.165) is 6.67 Å². The van der Waals surface area contributed by atoms with E-state index in [1.165, 1.54) is 55.4 Å². The van der Waals surface area contributed by atoms with E-state index in [0.29, 0.717) is 0 Å². The summed E-state index contributed by atoms with van der Waals surface area (Å²) in [4.78, 5) is 4.50. The lowest BCUT2D eigenvalue weighted by Gasteiger charge is -2.21. The van der Waals surface area contributed by atoms with Crippen molar-refractivity contribution in [2.75, 3.05) is 18.6 Å². The average molecular weight is 442 g/mol. The zero-order valence-corrected chi connectivity index (χ0v) is 19.8. The molecule has 2 heterocycles. The maximum absolute atomic E-state index is 2.46. The van der Waals surface area contributed by atoms with Gasteiger partial charge in [-0.25, -0.2) is 0 Å². The third-order valence-electron chi connectivity index (χ3n) is 7.67. The Labute approximate surface area is 200 Å². The van der Waals surface area contributed by atoms with Gasteiger partial charge in [0.2, 0.25) is 0 Å². The molecule has 0 bridgehead atoms. The highest BCUT2D eigenvalue weighted by Gasteiger charge is 2.36. The van der Waals surface area contributed by atoms with E-state index in [1.54, 1.807) is 0 Å². The molecule has 1 aromatic heterocycles. The molecule has 166 valence electrons. The molecule has 7 rings (SSSR count). The van der Waals surface area contributed by atoms with Gasteiger partial charge in [-0.2, -0.15) is 0 Å². The van der Waals surface area contributed by atoms with Crippen molar-refractivity contribution in [2.45, 2.75) is 19.3 Å². The first-order valence-electron chi connectivity index (χ1n) is 12.0. The van der Waals surface area contributed by atoms with Crippen molar-refractivity contribution in [3.05, 3.63) is 108 Å². The number of fused-ring (bicyclic) bond motifs is 6. The summed E-state index contributed by atoms with van der Waals surface area (Å²) in [5.41, 5.74) is 10.5. The highest BCUT2D eigenvalue weighted by atomic mass is 15.3. The van der Waals surface area contributed by atoms with Crippen molar-refractivity contribution in [1.29, 1.82) is 0 Å². The summed E-state index contributed by atoms with van der Waals surface area (Å²) >= 11 is 0.